The highest BCUT2D eigenvalue weighted by molar-refractivity contribution is 6.37. The average molecular weight is 528 g/mol. The summed E-state index contributed by atoms with van der Waals surface area (Å²) < 4.78 is 11.8. The maximum absolute atomic E-state index is 12.8. The number of pyridine rings is 1. The number of hydrogen-bond acceptors (Lipinski definition) is 5. The van der Waals surface area contributed by atoms with Gasteiger partial charge in [-0.1, -0.05) is 48.0 Å². The van der Waals surface area contributed by atoms with Gasteiger partial charge in [-0.2, -0.15) is 0 Å². The van der Waals surface area contributed by atoms with E-state index in [4.69, 9.17) is 38.4 Å². The average Bonchev–Trinajstić information content (AvgIpc) is 2.90. The standard InChI is InChI=1S/C27H28Cl2N4O3/c1-3-14-35-22-9-8-21(28)24(25(22)29)17(2)36-23-15-20(16-32-26(23)30)18-4-6-19(7-5-18)27(34)33-12-10-31-11-13-33/h3-9,15-17,31H,1,10-14H2,2H3,(H2,30,32)/p+1. The van der Waals surface area contributed by atoms with Crippen molar-refractivity contribution in [1.29, 1.82) is 0 Å². The molecule has 4 N–H and O–H groups in total. The second-order valence-electron chi connectivity index (χ2n) is 8.48. The number of halogens is 2. The van der Waals surface area contributed by atoms with Gasteiger partial charge in [0.05, 0.1) is 31.2 Å². The number of piperazine rings is 1. The van der Waals surface area contributed by atoms with E-state index in [-0.39, 0.29) is 11.7 Å². The molecule has 0 aliphatic carbocycles. The minimum Gasteiger partial charge on any atom is -0.488 e. The van der Waals surface area contributed by atoms with Crippen LogP contribution in [0.15, 0.2) is 61.3 Å². The third-order valence-electron chi connectivity index (χ3n) is 6.00. The lowest BCUT2D eigenvalue weighted by Gasteiger charge is -2.25. The highest BCUT2D eigenvalue weighted by Gasteiger charge is 2.22. The molecule has 7 nitrogen and oxygen atoms in total. The number of rotatable bonds is 8. The normalized spacial score (nSPS) is 14.2. The van der Waals surface area contributed by atoms with Crippen molar-refractivity contribution < 1.29 is 19.6 Å². The molecule has 1 atom stereocenters. The highest BCUT2D eigenvalue weighted by atomic mass is 35.5. The zero-order valence-corrected chi connectivity index (χ0v) is 21.6. The van der Waals surface area contributed by atoms with Crippen molar-refractivity contribution in [2.45, 2.75) is 13.0 Å². The number of ether oxygens (including phenoxy) is 2. The molecule has 1 aliphatic rings. The fourth-order valence-electron chi connectivity index (χ4n) is 4.08. The molecule has 2 heterocycles. The molecule has 0 bridgehead atoms. The predicted octanol–water partition coefficient (Wildman–Crippen LogP) is 4.36. The first-order valence-electron chi connectivity index (χ1n) is 11.7. The number of amides is 1. The van der Waals surface area contributed by atoms with Crippen LogP contribution in [0.4, 0.5) is 5.82 Å². The number of aromatic nitrogens is 1. The lowest BCUT2D eigenvalue weighted by Crippen LogP contribution is -2.89. The largest absolute Gasteiger partial charge is 0.488 e. The van der Waals surface area contributed by atoms with E-state index in [9.17, 15) is 4.79 Å². The van der Waals surface area contributed by atoms with Crippen LogP contribution >= 0.6 is 23.2 Å². The van der Waals surface area contributed by atoms with Gasteiger partial charge >= 0.3 is 0 Å². The summed E-state index contributed by atoms with van der Waals surface area (Å²) in [5.41, 5.74) is 9.06. The lowest BCUT2D eigenvalue weighted by molar-refractivity contribution is -0.661. The Kier molecular flexibility index (Phi) is 8.36. The minimum atomic E-state index is -0.529. The van der Waals surface area contributed by atoms with Crippen LogP contribution in [0.2, 0.25) is 10.0 Å². The van der Waals surface area contributed by atoms with Crippen LogP contribution in [0, 0.1) is 0 Å². The predicted molar refractivity (Wildman–Crippen MR) is 143 cm³/mol. The quantitative estimate of drug-likeness (QED) is 0.424. The molecule has 1 amide bonds. The molecule has 1 unspecified atom stereocenters. The molecule has 3 aromatic rings. The summed E-state index contributed by atoms with van der Waals surface area (Å²) in [5, 5.41) is 3.04. The summed E-state index contributed by atoms with van der Waals surface area (Å²) in [4.78, 5) is 19.0. The van der Waals surface area contributed by atoms with E-state index in [0.717, 1.165) is 37.3 Å². The number of nitrogens with two attached hydrogens (primary N) is 2. The first kappa shape index (κ1) is 25.8. The number of nitrogens with zero attached hydrogens (tertiary/aromatic N) is 2. The topological polar surface area (TPSA) is 94.3 Å². The molecule has 1 aliphatic heterocycles. The number of carbonyl (C=O) groups is 1. The highest BCUT2D eigenvalue weighted by Crippen LogP contribution is 2.40. The molecular formula is C27H29Cl2N4O3+. The zero-order chi connectivity index (χ0) is 25.7. The summed E-state index contributed by atoms with van der Waals surface area (Å²) >= 11 is 13.0. The monoisotopic (exact) mass is 527 g/mol. The van der Waals surface area contributed by atoms with Crippen molar-refractivity contribution in [3.8, 4) is 22.6 Å². The first-order valence-corrected chi connectivity index (χ1v) is 12.5. The van der Waals surface area contributed by atoms with Crippen LogP contribution in [-0.4, -0.2) is 48.6 Å². The molecule has 4 rings (SSSR count). The van der Waals surface area contributed by atoms with Gasteiger partial charge in [0.2, 0.25) is 0 Å². The number of carbonyl (C=O) groups excluding carboxylic acids is 1. The Hall–Kier alpha value is -3.26. The van der Waals surface area contributed by atoms with Gasteiger partial charge in [-0.05, 0) is 42.8 Å². The summed E-state index contributed by atoms with van der Waals surface area (Å²) in [6.07, 6.45) is 2.78. The maximum atomic E-state index is 12.8. The fraction of sp³-hybridized carbons (Fsp3) is 0.259. The van der Waals surface area contributed by atoms with E-state index in [2.05, 4.69) is 16.9 Å². The Balaban J connectivity index is 1.54. The van der Waals surface area contributed by atoms with Crippen molar-refractivity contribution in [2.75, 3.05) is 38.5 Å². The second-order valence-corrected chi connectivity index (χ2v) is 9.26. The van der Waals surface area contributed by atoms with Crippen LogP contribution in [0.5, 0.6) is 11.5 Å². The van der Waals surface area contributed by atoms with Crippen LogP contribution in [0.3, 0.4) is 0 Å². The number of anilines is 1. The van der Waals surface area contributed by atoms with Crippen LogP contribution in [0.1, 0.15) is 28.9 Å². The molecule has 0 spiro atoms. The number of nitrogen functional groups attached to an aromatic ring is 1. The van der Waals surface area contributed by atoms with E-state index in [1.54, 1.807) is 24.4 Å². The summed E-state index contributed by atoms with van der Waals surface area (Å²) in [7, 11) is 0. The SMILES string of the molecule is C=CCOc1ccc(Cl)c(C(C)Oc2cc(-c3ccc(C(=O)N4CC[NH2+]CC4)cc3)cnc2N)c1Cl. The van der Waals surface area contributed by atoms with Gasteiger partial charge in [0.15, 0.2) is 11.6 Å². The van der Waals surface area contributed by atoms with Gasteiger partial charge < -0.3 is 25.4 Å². The molecule has 1 saturated heterocycles. The Morgan fingerprint density at radius 2 is 1.89 bits per heavy atom. The Bertz CT molecular complexity index is 1240. The Morgan fingerprint density at radius 1 is 1.17 bits per heavy atom. The van der Waals surface area contributed by atoms with Crippen molar-refractivity contribution in [2.24, 2.45) is 0 Å². The summed E-state index contributed by atoms with van der Waals surface area (Å²) in [6, 6.07) is 12.7. The van der Waals surface area contributed by atoms with Gasteiger partial charge in [-0.3, -0.25) is 4.79 Å². The lowest BCUT2D eigenvalue weighted by atomic mass is 10.0. The molecule has 9 heteroatoms. The second kappa shape index (κ2) is 11.6. The molecule has 1 fully saturated rings. The van der Waals surface area contributed by atoms with Crippen molar-refractivity contribution in [3.63, 3.8) is 0 Å². The van der Waals surface area contributed by atoms with Crippen LogP contribution in [-0.2, 0) is 0 Å². The van der Waals surface area contributed by atoms with Crippen LogP contribution in [0.25, 0.3) is 11.1 Å². The van der Waals surface area contributed by atoms with Crippen LogP contribution < -0.4 is 20.5 Å². The van der Waals surface area contributed by atoms with E-state index < -0.39 is 6.10 Å². The Labute approximate surface area is 220 Å². The molecule has 188 valence electrons. The summed E-state index contributed by atoms with van der Waals surface area (Å²) in [6.45, 7) is 9.19. The number of quaternary nitrogens is 1. The number of hydrogen-bond donors (Lipinski definition) is 2. The van der Waals surface area contributed by atoms with E-state index >= 15 is 0 Å². The molecule has 2 aromatic carbocycles. The first-order chi connectivity index (χ1) is 17.4. The Morgan fingerprint density at radius 3 is 2.58 bits per heavy atom. The molecule has 0 radical (unpaired) electrons. The summed E-state index contributed by atoms with van der Waals surface area (Å²) in [5.74, 6) is 1.18. The van der Waals surface area contributed by atoms with Gasteiger partial charge in [0.25, 0.3) is 5.91 Å². The zero-order valence-electron chi connectivity index (χ0n) is 20.0. The molecule has 36 heavy (non-hydrogen) atoms. The third-order valence-corrected chi connectivity index (χ3v) is 6.72. The van der Waals surface area contributed by atoms with E-state index in [1.807, 2.05) is 42.2 Å². The van der Waals surface area contributed by atoms with Gasteiger partial charge in [-0.15, -0.1) is 0 Å². The molecule has 1 aromatic heterocycles. The molecular weight excluding hydrogens is 499 g/mol. The smallest absolute Gasteiger partial charge is 0.254 e. The van der Waals surface area contributed by atoms with Crippen molar-refractivity contribution >= 4 is 34.9 Å². The van der Waals surface area contributed by atoms with E-state index in [1.165, 1.54) is 0 Å². The van der Waals surface area contributed by atoms with Gasteiger partial charge in [0, 0.05) is 27.9 Å². The van der Waals surface area contributed by atoms with Crippen molar-refractivity contribution in [3.05, 3.63) is 82.5 Å². The van der Waals surface area contributed by atoms with Crippen molar-refractivity contribution in [1.82, 2.24) is 9.88 Å². The van der Waals surface area contributed by atoms with Gasteiger partial charge in [0.1, 0.15) is 18.5 Å². The fourth-order valence-corrected chi connectivity index (χ4v) is 4.81. The van der Waals surface area contributed by atoms with E-state index in [0.29, 0.717) is 39.3 Å². The third kappa shape index (κ3) is 5.75. The van der Waals surface area contributed by atoms with Gasteiger partial charge in [-0.25, -0.2) is 4.98 Å². The molecule has 0 saturated carbocycles. The maximum Gasteiger partial charge on any atom is 0.254 e. The number of benzene rings is 2. The minimum absolute atomic E-state index is 0.0518.